The molecule has 0 aliphatic carbocycles. The van der Waals surface area contributed by atoms with Crippen LogP contribution >= 0.6 is 11.8 Å². The third kappa shape index (κ3) is 2.61. The molecule has 1 N–H and O–H groups in total. The Hall–Kier alpha value is -1.49. The highest BCUT2D eigenvalue weighted by molar-refractivity contribution is 8.00. The molecule has 4 nitrogen and oxygen atoms in total. The molecular formula is C12H14N2O2S. The molecule has 0 saturated heterocycles. The number of imidazole rings is 1. The molecule has 1 unspecified atom stereocenters. The zero-order chi connectivity index (χ0) is 12.4. The van der Waals surface area contributed by atoms with Gasteiger partial charge in [0.25, 0.3) is 0 Å². The fourth-order valence-electron chi connectivity index (χ4n) is 1.40. The Labute approximate surface area is 104 Å². The minimum atomic E-state index is -0.0857. The predicted octanol–water partition coefficient (Wildman–Crippen LogP) is 2.64. The number of Topliss-reactive ketones (excluding diaryl/α,β-unsaturated/α-hetero) is 1. The third-order valence-corrected chi connectivity index (χ3v) is 3.63. The number of ether oxygens (including phenoxy) is 1. The Balaban J connectivity index is 2.28. The number of benzene rings is 1. The van der Waals surface area contributed by atoms with Gasteiger partial charge in [0.15, 0.2) is 5.16 Å². The molecule has 2 aromatic rings. The highest BCUT2D eigenvalue weighted by Gasteiger charge is 2.12. The number of thioether (sulfide) groups is 1. The molecule has 0 fully saturated rings. The number of carbonyl (C=O) groups is 1. The summed E-state index contributed by atoms with van der Waals surface area (Å²) in [6.07, 6.45) is 0. The molecule has 5 heteroatoms. The van der Waals surface area contributed by atoms with Crippen LogP contribution in [0.15, 0.2) is 23.4 Å². The first-order valence-corrected chi connectivity index (χ1v) is 6.19. The zero-order valence-electron chi connectivity index (χ0n) is 9.98. The number of hydrogen-bond donors (Lipinski definition) is 1. The van der Waals surface area contributed by atoms with E-state index in [1.807, 2.05) is 25.1 Å². The average molecular weight is 250 g/mol. The number of hydrogen-bond acceptors (Lipinski definition) is 4. The topological polar surface area (TPSA) is 55.0 Å². The molecule has 0 radical (unpaired) electrons. The zero-order valence-corrected chi connectivity index (χ0v) is 10.8. The molecule has 90 valence electrons. The molecule has 1 atom stereocenters. The maximum Gasteiger partial charge on any atom is 0.167 e. The average Bonchev–Trinajstić information content (AvgIpc) is 2.69. The number of carbonyl (C=O) groups excluding carboxylic acids is 1. The van der Waals surface area contributed by atoms with Gasteiger partial charge in [-0.2, -0.15) is 0 Å². The van der Waals surface area contributed by atoms with Crippen LogP contribution in [0.3, 0.4) is 0 Å². The lowest BCUT2D eigenvalue weighted by Gasteiger charge is -2.02. The van der Waals surface area contributed by atoms with E-state index in [0.29, 0.717) is 0 Å². The fraction of sp³-hybridized carbons (Fsp3) is 0.333. The van der Waals surface area contributed by atoms with E-state index in [-0.39, 0.29) is 11.0 Å². The van der Waals surface area contributed by atoms with Crippen molar-refractivity contribution in [3.8, 4) is 5.75 Å². The summed E-state index contributed by atoms with van der Waals surface area (Å²) in [6, 6.07) is 5.66. The van der Waals surface area contributed by atoms with Crippen molar-refractivity contribution in [3.63, 3.8) is 0 Å². The predicted molar refractivity (Wildman–Crippen MR) is 68.6 cm³/mol. The fourth-order valence-corrected chi connectivity index (χ4v) is 2.22. The highest BCUT2D eigenvalue weighted by atomic mass is 32.2. The first-order valence-electron chi connectivity index (χ1n) is 5.31. The highest BCUT2D eigenvalue weighted by Crippen LogP contribution is 2.25. The smallest absolute Gasteiger partial charge is 0.167 e. The number of nitrogens with zero attached hydrogens (tertiary/aromatic N) is 1. The molecule has 0 aliphatic heterocycles. The van der Waals surface area contributed by atoms with E-state index in [2.05, 4.69) is 9.97 Å². The summed E-state index contributed by atoms with van der Waals surface area (Å²) in [5, 5.41) is 0.674. The third-order valence-electron chi connectivity index (χ3n) is 2.53. The molecule has 0 spiro atoms. The van der Waals surface area contributed by atoms with Crippen LogP contribution in [0.2, 0.25) is 0 Å². The minimum Gasteiger partial charge on any atom is -0.497 e. The Bertz CT molecular complexity index is 550. The summed E-state index contributed by atoms with van der Waals surface area (Å²) < 4.78 is 5.14. The van der Waals surface area contributed by atoms with Crippen LogP contribution in [0.5, 0.6) is 5.75 Å². The van der Waals surface area contributed by atoms with Crippen LogP contribution in [0.4, 0.5) is 0 Å². The molecule has 1 aromatic heterocycles. The number of methoxy groups -OCH3 is 1. The van der Waals surface area contributed by atoms with Gasteiger partial charge in [-0.25, -0.2) is 4.98 Å². The maximum absolute atomic E-state index is 11.2. The van der Waals surface area contributed by atoms with E-state index >= 15 is 0 Å². The van der Waals surface area contributed by atoms with E-state index < -0.39 is 0 Å². The summed E-state index contributed by atoms with van der Waals surface area (Å²) in [7, 11) is 1.63. The largest absolute Gasteiger partial charge is 0.497 e. The van der Waals surface area contributed by atoms with Gasteiger partial charge in [0.1, 0.15) is 11.5 Å². The van der Waals surface area contributed by atoms with Gasteiger partial charge in [0.2, 0.25) is 0 Å². The summed E-state index contributed by atoms with van der Waals surface area (Å²) in [4.78, 5) is 18.8. The summed E-state index contributed by atoms with van der Waals surface area (Å²) in [5.74, 6) is 0.936. The number of rotatable bonds is 4. The van der Waals surface area contributed by atoms with E-state index in [1.165, 1.54) is 11.8 Å². The monoisotopic (exact) mass is 250 g/mol. The first-order chi connectivity index (χ1) is 8.10. The Kier molecular flexibility index (Phi) is 3.38. The SMILES string of the molecule is COc1ccc2nc(SC(C)C(C)=O)[nH]c2c1. The number of H-pyrrole nitrogens is 1. The second-order valence-corrected chi connectivity index (χ2v) is 5.13. The maximum atomic E-state index is 11.2. The lowest BCUT2D eigenvalue weighted by molar-refractivity contribution is -0.116. The van der Waals surface area contributed by atoms with Gasteiger partial charge in [0.05, 0.1) is 23.4 Å². The standard InChI is InChI=1S/C12H14N2O2S/c1-7(15)8(2)17-12-13-10-5-4-9(16-3)6-11(10)14-12/h4-6,8H,1-3H3,(H,13,14). The van der Waals surface area contributed by atoms with Crippen molar-refractivity contribution in [2.45, 2.75) is 24.3 Å². The van der Waals surface area contributed by atoms with Crippen LogP contribution in [-0.2, 0) is 4.79 Å². The van der Waals surface area contributed by atoms with Crippen molar-refractivity contribution in [2.75, 3.05) is 7.11 Å². The quantitative estimate of drug-likeness (QED) is 0.847. The van der Waals surface area contributed by atoms with Crippen molar-refractivity contribution in [1.82, 2.24) is 9.97 Å². The van der Waals surface area contributed by atoms with Gasteiger partial charge in [0, 0.05) is 6.07 Å². The number of nitrogens with one attached hydrogen (secondary N) is 1. The second-order valence-electron chi connectivity index (χ2n) is 3.80. The number of ketones is 1. The van der Waals surface area contributed by atoms with Crippen LogP contribution in [0.1, 0.15) is 13.8 Å². The molecule has 1 aromatic carbocycles. The van der Waals surface area contributed by atoms with Gasteiger partial charge >= 0.3 is 0 Å². The molecule has 0 amide bonds. The van der Waals surface area contributed by atoms with E-state index in [9.17, 15) is 4.79 Å². The Morgan fingerprint density at radius 2 is 2.29 bits per heavy atom. The van der Waals surface area contributed by atoms with Crippen LogP contribution in [-0.4, -0.2) is 28.1 Å². The van der Waals surface area contributed by atoms with E-state index in [4.69, 9.17) is 4.74 Å². The molecule has 1 heterocycles. The lowest BCUT2D eigenvalue weighted by atomic mass is 10.3. The number of aromatic amines is 1. The van der Waals surface area contributed by atoms with Gasteiger partial charge in [-0.1, -0.05) is 11.8 Å². The lowest BCUT2D eigenvalue weighted by Crippen LogP contribution is -2.07. The van der Waals surface area contributed by atoms with Gasteiger partial charge in [-0.05, 0) is 26.0 Å². The molecule has 17 heavy (non-hydrogen) atoms. The molecule has 2 rings (SSSR count). The Morgan fingerprint density at radius 3 is 2.94 bits per heavy atom. The second kappa shape index (κ2) is 4.79. The number of fused-ring (bicyclic) bond motifs is 1. The normalized spacial score (nSPS) is 12.6. The van der Waals surface area contributed by atoms with Crippen molar-refractivity contribution in [1.29, 1.82) is 0 Å². The first kappa shape index (κ1) is 12.0. The molecule has 0 saturated carbocycles. The number of aromatic nitrogens is 2. The molecule has 0 bridgehead atoms. The molecular weight excluding hydrogens is 236 g/mol. The van der Waals surface area contributed by atoms with Gasteiger partial charge in [-0.3, -0.25) is 4.79 Å². The van der Waals surface area contributed by atoms with Crippen molar-refractivity contribution in [3.05, 3.63) is 18.2 Å². The Morgan fingerprint density at radius 1 is 1.53 bits per heavy atom. The van der Waals surface area contributed by atoms with Crippen LogP contribution in [0.25, 0.3) is 11.0 Å². The van der Waals surface area contributed by atoms with Gasteiger partial charge < -0.3 is 9.72 Å². The van der Waals surface area contributed by atoms with Crippen molar-refractivity contribution >= 4 is 28.6 Å². The van der Waals surface area contributed by atoms with Crippen LogP contribution in [0, 0.1) is 0 Å². The molecule has 0 aliphatic rings. The van der Waals surface area contributed by atoms with E-state index in [1.54, 1.807) is 14.0 Å². The summed E-state index contributed by atoms with van der Waals surface area (Å²) in [6.45, 7) is 3.46. The summed E-state index contributed by atoms with van der Waals surface area (Å²) >= 11 is 1.43. The summed E-state index contributed by atoms with van der Waals surface area (Å²) in [5.41, 5.74) is 1.80. The van der Waals surface area contributed by atoms with Crippen LogP contribution < -0.4 is 4.74 Å². The van der Waals surface area contributed by atoms with Crippen molar-refractivity contribution < 1.29 is 9.53 Å². The van der Waals surface area contributed by atoms with Crippen molar-refractivity contribution in [2.24, 2.45) is 0 Å². The van der Waals surface area contributed by atoms with E-state index in [0.717, 1.165) is 21.9 Å². The van der Waals surface area contributed by atoms with Gasteiger partial charge in [-0.15, -0.1) is 0 Å². The minimum absolute atomic E-state index is 0.0857.